The van der Waals surface area contributed by atoms with Gasteiger partial charge in [-0.2, -0.15) is 10.5 Å². The van der Waals surface area contributed by atoms with Crippen molar-refractivity contribution in [2.24, 2.45) is 5.41 Å². The van der Waals surface area contributed by atoms with E-state index >= 15 is 4.39 Å². The molecule has 2 heterocycles. The second-order valence-electron chi connectivity index (χ2n) is 8.56. The van der Waals surface area contributed by atoms with Crippen LogP contribution < -0.4 is 0 Å². The smallest absolute Gasteiger partial charge is 0.185 e. The van der Waals surface area contributed by atoms with Gasteiger partial charge in [0.2, 0.25) is 0 Å². The summed E-state index contributed by atoms with van der Waals surface area (Å²) in [6.07, 6.45) is 3.65. The van der Waals surface area contributed by atoms with Crippen LogP contribution in [-0.2, 0) is 0 Å². The van der Waals surface area contributed by atoms with Gasteiger partial charge in [0, 0.05) is 17.7 Å². The Morgan fingerprint density at radius 2 is 1.58 bits per heavy atom. The molecule has 1 fully saturated rings. The van der Waals surface area contributed by atoms with Crippen molar-refractivity contribution in [3.05, 3.63) is 113 Å². The SMILES string of the molecule is Cc1ccc(C(=O)[C@@H]2[C@@H](c3ccccc3F)C(C#N)(C#N)[C@H]3c4ccccc4C=CN23)cc1. The molecule has 0 saturated carbocycles. The van der Waals surface area contributed by atoms with Crippen molar-refractivity contribution in [3.8, 4) is 12.1 Å². The summed E-state index contributed by atoms with van der Waals surface area (Å²) in [6, 6.07) is 23.7. The number of rotatable bonds is 3. The van der Waals surface area contributed by atoms with Crippen molar-refractivity contribution in [2.45, 2.75) is 24.9 Å². The zero-order valence-corrected chi connectivity index (χ0v) is 17.9. The predicted octanol–water partition coefficient (Wildman–Crippen LogP) is 5.54. The standard InChI is InChI=1S/C28H20FN3O/c1-18-10-12-20(13-11-18)26(33)25-24(22-8-4-5-9-23(22)29)28(16-30,17-31)27-21-7-3-2-6-19(21)14-15-32(25)27/h2-15,24-25,27H,1H3/t24-,25+,27-/m1/s1. The fourth-order valence-electron chi connectivity index (χ4n) is 5.25. The second kappa shape index (κ2) is 7.73. The summed E-state index contributed by atoms with van der Waals surface area (Å²) < 4.78 is 15.2. The number of fused-ring (bicyclic) bond motifs is 3. The van der Waals surface area contributed by atoms with Crippen LogP contribution in [0.1, 0.15) is 44.6 Å². The van der Waals surface area contributed by atoms with E-state index in [0.29, 0.717) is 5.56 Å². The van der Waals surface area contributed by atoms with Crippen molar-refractivity contribution in [2.75, 3.05) is 0 Å². The normalized spacial score (nSPS) is 22.1. The van der Waals surface area contributed by atoms with Crippen molar-refractivity contribution in [3.63, 3.8) is 0 Å². The van der Waals surface area contributed by atoms with Crippen molar-refractivity contribution < 1.29 is 9.18 Å². The summed E-state index contributed by atoms with van der Waals surface area (Å²) in [5.74, 6) is -1.76. The number of hydrogen-bond donors (Lipinski definition) is 0. The highest BCUT2D eigenvalue weighted by molar-refractivity contribution is 6.01. The molecule has 4 nitrogen and oxygen atoms in total. The largest absolute Gasteiger partial charge is 0.357 e. The van der Waals surface area contributed by atoms with Crippen molar-refractivity contribution in [1.29, 1.82) is 10.5 Å². The minimum Gasteiger partial charge on any atom is -0.357 e. The molecule has 0 aromatic heterocycles. The van der Waals surface area contributed by atoms with Gasteiger partial charge in [-0.15, -0.1) is 0 Å². The van der Waals surface area contributed by atoms with Gasteiger partial charge < -0.3 is 4.90 Å². The summed E-state index contributed by atoms with van der Waals surface area (Å²) in [5.41, 5.74) is 1.66. The van der Waals surface area contributed by atoms with Crippen LogP contribution in [0.5, 0.6) is 0 Å². The fraction of sp³-hybridized carbons (Fsp3) is 0.179. The number of carbonyl (C=O) groups excluding carboxylic acids is 1. The zero-order chi connectivity index (χ0) is 23.2. The Hall–Kier alpha value is -4.22. The molecule has 0 unspecified atom stereocenters. The molecule has 160 valence electrons. The van der Waals surface area contributed by atoms with Gasteiger partial charge in [0.05, 0.1) is 18.2 Å². The van der Waals surface area contributed by atoms with Gasteiger partial charge in [-0.3, -0.25) is 4.79 Å². The zero-order valence-electron chi connectivity index (χ0n) is 17.9. The van der Waals surface area contributed by atoms with E-state index in [1.165, 1.54) is 6.07 Å². The first kappa shape index (κ1) is 20.7. The first-order valence-corrected chi connectivity index (χ1v) is 10.7. The average molecular weight is 433 g/mol. The number of halogens is 1. The number of benzene rings is 3. The van der Waals surface area contributed by atoms with Crippen LogP contribution in [0.15, 0.2) is 79.0 Å². The highest BCUT2D eigenvalue weighted by Gasteiger charge is 2.64. The minimum atomic E-state index is -1.67. The van der Waals surface area contributed by atoms with E-state index in [2.05, 4.69) is 12.1 Å². The molecule has 1 saturated heterocycles. The Labute approximate surface area is 191 Å². The molecule has 5 heteroatoms. The van der Waals surface area contributed by atoms with E-state index in [9.17, 15) is 15.3 Å². The van der Waals surface area contributed by atoms with E-state index in [4.69, 9.17) is 0 Å². The Kier molecular flexibility index (Phi) is 4.84. The molecule has 0 amide bonds. The van der Waals surface area contributed by atoms with E-state index < -0.39 is 29.2 Å². The summed E-state index contributed by atoms with van der Waals surface area (Å²) >= 11 is 0. The van der Waals surface area contributed by atoms with Crippen molar-refractivity contribution in [1.82, 2.24) is 4.90 Å². The first-order chi connectivity index (χ1) is 16.0. The van der Waals surface area contributed by atoms with E-state index in [-0.39, 0.29) is 11.3 Å². The number of nitrogens with zero attached hydrogens (tertiary/aromatic N) is 3. The van der Waals surface area contributed by atoms with Gasteiger partial charge in [-0.1, -0.05) is 72.3 Å². The van der Waals surface area contributed by atoms with Crippen LogP contribution >= 0.6 is 0 Å². The summed E-state index contributed by atoms with van der Waals surface area (Å²) in [7, 11) is 0. The lowest BCUT2D eigenvalue weighted by Crippen LogP contribution is -2.38. The molecule has 5 rings (SSSR count). The topological polar surface area (TPSA) is 67.9 Å². The van der Waals surface area contributed by atoms with Gasteiger partial charge in [0.1, 0.15) is 11.9 Å². The maximum absolute atomic E-state index is 15.2. The molecular formula is C28H20FN3O. The Bertz CT molecular complexity index is 1350. The Morgan fingerprint density at radius 1 is 0.939 bits per heavy atom. The highest BCUT2D eigenvalue weighted by Crippen LogP contribution is 2.60. The molecule has 0 spiro atoms. The third kappa shape index (κ3) is 2.97. The van der Waals surface area contributed by atoms with E-state index in [0.717, 1.165) is 16.7 Å². The number of nitriles is 2. The molecule has 0 bridgehead atoms. The lowest BCUT2D eigenvalue weighted by atomic mass is 9.67. The molecule has 0 N–H and O–H groups in total. The summed E-state index contributed by atoms with van der Waals surface area (Å²) in [4.78, 5) is 15.7. The van der Waals surface area contributed by atoms with Crippen LogP contribution in [0.3, 0.4) is 0 Å². The number of carbonyl (C=O) groups is 1. The lowest BCUT2D eigenvalue weighted by molar-refractivity contribution is 0.0874. The molecule has 2 aliphatic rings. The summed E-state index contributed by atoms with van der Waals surface area (Å²) in [6.45, 7) is 1.93. The number of ketones is 1. The predicted molar refractivity (Wildman–Crippen MR) is 122 cm³/mol. The minimum absolute atomic E-state index is 0.200. The highest BCUT2D eigenvalue weighted by atomic mass is 19.1. The van der Waals surface area contributed by atoms with E-state index in [1.54, 1.807) is 41.4 Å². The first-order valence-electron chi connectivity index (χ1n) is 10.7. The molecule has 3 aromatic carbocycles. The van der Waals surface area contributed by atoms with Gasteiger partial charge >= 0.3 is 0 Å². The average Bonchev–Trinajstić information content (AvgIpc) is 3.15. The number of Topliss-reactive ketones (excluding diaryl/α,β-unsaturated/α-hetero) is 1. The number of aryl methyl sites for hydroxylation is 1. The lowest BCUT2D eigenvalue weighted by Gasteiger charge is -2.34. The molecule has 0 aliphatic carbocycles. The quantitative estimate of drug-likeness (QED) is 0.508. The third-order valence-electron chi connectivity index (χ3n) is 6.79. The van der Waals surface area contributed by atoms with Crippen LogP contribution in [0.2, 0.25) is 0 Å². The van der Waals surface area contributed by atoms with E-state index in [1.807, 2.05) is 49.4 Å². The molecule has 0 radical (unpaired) electrons. The number of hydrogen-bond acceptors (Lipinski definition) is 4. The molecule has 2 aliphatic heterocycles. The Morgan fingerprint density at radius 3 is 2.24 bits per heavy atom. The van der Waals surface area contributed by atoms with Crippen LogP contribution in [0.4, 0.5) is 4.39 Å². The van der Waals surface area contributed by atoms with Crippen LogP contribution in [0, 0.1) is 40.8 Å². The Balaban J connectivity index is 1.79. The van der Waals surface area contributed by atoms with Gasteiger partial charge in [-0.25, -0.2) is 4.39 Å². The second-order valence-corrected chi connectivity index (χ2v) is 8.56. The van der Waals surface area contributed by atoms with Crippen molar-refractivity contribution >= 4 is 11.9 Å². The van der Waals surface area contributed by atoms with Crippen LogP contribution in [-0.4, -0.2) is 16.7 Å². The maximum atomic E-state index is 15.2. The molecule has 33 heavy (non-hydrogen) atoms. The third-order valence-corrected chi connectivity index (χ3v) is 6.79. The van der Waals surface area contributed by atoms with Gasteiger partial charge in [-0.05, 0) is 35.8 Å². The van der Waals surface area contributed by atoms with Gasteiger partial charge in [0.25, 0.3) is 0 Å². The van der Waals surface area contributed by atoms with Crippen LogP contribution in [0.25, 0.3) is 6.08 Å². The molecule has 3 atom stereocenters. The summed E-state index contributed by atoms with van der Waals surface area (Å²) in [5, 5.41) is 20.9. The monoisotopic (exact) mass is 433 g/mol. The fourth-order valence-corrected chi connectivity index (χ4v) is 5.25. The molecule has 3 aromatic rings. The molecular weight excluding hydrogens is 413 g/mol. The maximum Gasteiger partial charge on any atom is 0.185 e. The van der Waals surface area contributed by atoms with Gasteiger partial charge in [0.15, 0.2) is 11.2 Å².